The largest absolute Gasteiger partial charge is 0.457 e. The van der Waals surface area contributed by atoms with Crippen molar-refractivity contribution in [1.29, 1.82) is 0 Å². The minimum absolute atomic E-state index is 0.0417. The molecule has 1 fully saturated rings. The van der Waals surface area contributed by atoms with E-state index in [0.29, 0.717) is 0 Å². The summed E-state index contributed by atoms with van der Waals surface area (Å²) >= 11 is 0. The van der Waals surface area contributed by atoms with Crippen molar-refractivity contribution in [1.82, 2.24) is 0 Å². The maximum atomic E-state index is 5.48. The molecule has 3 heteroatoms. The zero-order valence-electron chi connectivity index (χ0n) is 6.31. The molecule has 0 atom stereocenters. The lowest BCUT2D eigenvalue weighted by molar-refractivity contribution is 0.136. The summed E-state index contributed by atoms with van der Waals surface area (Å²) in [6.45, 7) is 6.88. The molecule has 0 unspecified atom stereocenters. The highest BCUT2D eigenvalue weighted by Crippen LogP contribution is 2.20. The lowest BCUT2D eigenvalue weighted by Gasteiger charge is -2.14. The van der Waals surface area contributed by atoms with Crippen LogP contribution in [0.25, 0.3) is 0 Å². The summed E-state index contributed by atoms with van der Waals surface area (Å²) < 4.78 is 10.8. The Labute approximate surface area is 56.7 Å². The second-order valence-electron chi connectivity index (χ2n) is 3.03. The van der Waals surface area contributed by atoms with E-state index in [1.165, 1.54) is 0 Å². The Morgan fingerprint density at radius 3 is 2.44 bits per heavy atom. The summed E-state index contributed by atoms with van der Waals surface area (Å²) in [5.74, 6) is 0. The van der Waals surface area contributed by atoms with Gasteiger partial charge < -0.3 is 9.31 Å². The van der Waals surface area contributed by atoms with Gasteiger partial charge in [0.2, 0.25) is 0 Å². The van der Waals surface area contributed by atoms with Gasteiger partial charge in [-0.1, -0.05) is 6.92 Å². The molecule has 0 radical (unpaired) electrons. The molecule has 0 N–H and O–H groups in total. The highest BCUT2D eigenvalue weighted by atomic mass is 16.7. The topological polar surface area (TPSA) is 18.5 Å². The summed E-state index contributed by atoms with van der Waals surface area (Å²) in [7, 11) is 0.0417. The first kappa shape index (κ1) is 7.10. The number of hydrogen-bond acceptors (Lipinski definition) is 2. The SMILES string of the molecule is CCB1OCC(C)(C)O1. The van der Waals surface area contributed by atoms with Gasteiger partial charge in [0.25, 0.3) is 0 Å². The third kappa shape index (κ3) is 1.70. The second-order valence-corrected chi connectivity index (χ2v) is 3.03. The summed E-state index contributed by atoms with van der Waals surface area (Å²) in [4.78, 5) is 0. The molecule has 0 saturated carbocycles. The van der Waals surface area contributed by atoms with E-state index in [1.807, 2.05) is 13.8 Å². The molecule has 52 valence electrons. The molecule has 1 aliphatic rings. The summed E-state index contributed by atoms with van der Waals surface area (Å²) in [5.41, 5.74) is -0.0549. The van der Waals surface area contributed by atoms with Crippen LogP contribution in [-0.4, -0.2) is 19.3 Å². The Balaban J connectivity index is 2.38. The maximum Gasteiger partial charge on any atom is 0.457 e. The van der Waals surface area contributed by atoms with Crippen LogP contribution in [0.1, 0.15) is 20.8 Å². The minimum atomic E-state index is -0.0549. The van der Waals surface area contributed by atoms with Gasteiger partial charge in [-0.3, -0.25) is 0 Å². The van der Waals surface area contributed by atoms with E-state index in [4.69, 9.17) is 9.31 Å². The van der Waals surface area contributed by atoms with Gasteiger partial charge >= 0.3 is 7.12 Å². The molecule has 1 saturated heterocycles. The number of rotatable bonds is 1. The number of hydrogen-bond donors (Lipinski definition) is 0. The quantitative estimate of drug-likeness (QED) is 0.495. The van der Waals surface area contributed by atoms with Gasteiger partial charge in [-0.15, -0.1) is 0 Å². The third-order valence-electron chi connectivity index (χ3n) is 1.40. The normalized spacial score (nSPS) is 25.0. The Morgan fingerprint density at radius 1 is 1.56 bits per heavy atom. The zero-order valence-corrected chi connectivity index (χ0v) is 6.31. The Morgan fingerprint density at radius 2 is 2.22 bits per heavy atom. The van der Waals surface area contributed by atoms with E-state index in [-0.39, 0.29) is 12.7 Å². The molecular weight excluding hydrogens is 115 g/mol. The lowest BCUT2D eigenvalue weighted by Crippen LogP contribution is -2.23. The Hall–Kier alpha value is -0.0151. The van der Waals surface area contributed by atoms with E-state index in [9.17, 15) is 0 Å². The molecule has 0 aliphatic carbocycles. The van der Waals surface area contributed by atoms with Crippen molar-refractivity contribution in [3.05, 3.63) is 0 Å². The van der Waals surface area contributed by atoms with Crippen LogP contribution in [0.2, 0.25) is 6.32 Å². The highest BCUT2D eigenvalue weighted by molar-refractivity contribution is 6.45. The van der Waals surface area contributed by atoms with Gasteiger partial charge in [-0.2, -0.15) is 0 Å². The standard InChI is InChI=1S/C6H13BO2/c1-4-7-8-5-6(2,3)9-7/h4-5H2,1-3H3. The van der Waals surface area contributed by atoms with Crippen LogP contribution < -0.4 is 0 Å². The third-order valence-corrected chi connectivity index (χ3v) is 1.40. The summed E-state index contributed by atoms with van der Waals surface area (Å²) in [6.07, 6.45) is 0.948. The van der Waals surface area contributed by atoms with Crippen LogP contribution in [0.4, 0.5) is 0 Å². The van der Waals surface area contributed by atoms with Gasteiger partial charge in [0.15, 0.2) is 0 Å². The van der Waals surface area contributed by atoms with Crippen LogP contribution in [0.15, 0.2) is 0 Å². The van der Waals surface area contributed by atoms with Crippen molar-refractivity contribution in [3.8, 4) is 0 Å². The van der Waals surface area contributed by atoms with Gasteiger partial charge in [0.1, 0.15) is 0 Å². The maximum absolute atomic E-state index is 5.48. The second kappa shape index (κ2) is 2.31. The van der Waals surface area contributed by atoms with E-state index in [2.05, 4.69) is 6.92 Å². The predicted octanol–water partition coefficient (Wildman–Crippen LogP) is 1.32. The lowest BCUT2D eigenvalue weighted by atomic mass is 9.87. The molecule has 0 spiro atoms. The van der Waals surface area contributed by atoms with Crippen molar-refractivity contribution < 1.29 is 9.31 Å². The average molecular weight is 128 g/mol. The highest BCUT2D eigenvalue weighted by Gasteiger charge is 2.34. The van der Waals surface area contributed by atoms with E-state index in [1.54, 1.807) is 0 Å². The molecule has 0 amide bonds. The van der Waals surface area contributed by atoms with Crippen molar-refractivity contribution in [2.24, 2.45) is 0 Å². The molecule has 0 aromatic heterocycles. The van der Waals surface area contributed by atoms with Crippen LogP contribution in [0.3, 0.4) is 0 Å². The van der Waals surface area contributed by atoms with Crippen molar-refractivity contribution in [2.45, 2.75) is 32.7 Å². The molecule has 0 aromatic rings. The molecule has 2 nitrogen and oxygen atoms in total. The fourth-order valence-corrected chi connectivity index (χ4v) is 0.919. The first-order chi connectivity index (χ1) is 4.14. The minimum Gasteiger partial charge on any atom is -0.408 e. The van der Waals surface area contributed by atoms with Crippen LogP contribution in [-0.2, 0) is 9.31 Å². The average Bonchev–Trinajstić information content (AvgIpc) is 2.10. The summed E-state index contributed by atoms with van der Waals surface area (Å²) in [6, 6.07) is 0. The van der Waals surface area contributed by atoms with Crippen LogP contribution in [0.5, 0.6) is 0 Å². The fourth-order valence-electron chi connectivity index (χ4n) is 0.919. The molecule has 1 aliphatic heterocycles. The molecule has 1 heterocycles. The van der Waals surface area contributed by atoms with Gasteiger partial charge in [-0.05, 0) is 20.2 Å². The fraction of sp³-hybridized carbons (Fsp3) is 1.00. The first-order valence-corrected chi connectivity index (χ1v) is 3.43. The van der Waals surface area contributed by atoms with Crippen molar-refractivity contribution >= 4 is 7.12 Å². The van der Waals surface area contributed by atoms with E-state index >= 15 is 0 Å². The van der Waals surface area contributed by atoms with Crippen molar-refractivity contribution in [3.63, 3.8) is 0 Å². The van der Waals surface area contributed by atoms with Gasteiger partial charge in [0.05, 0.1) is 12.2 Å². The Bertz CT molecular complexity index is 103. The molecule has 0 bridgehead atoms. The van der Waals surface area contributed by atoms with Crippen LogP contribution in [0, 0.1) is 0 Å². The molecule has 0 aromatic carbocycles. The monoisotopic (exact) mass is 128 g/mol. The summed E-state index contributed by atoms with van der Waals surface area (Å²) in [5, 5.41) is 0. The zero-order chi connectivity index (χ0) is 6.91. The first-order valence-electron chi connectivity index (χ1n) is 3.43. The van der Waals surface area contributed by atoms with Crippen LogP contribution >= 0.6 is 0 Å². The van der Waals surface area contributed by atoms with Gasteiger partial charge in [-0.25, -0.2) is 0 Å². The van der Waals surface area contributed by atoms with Gasteiger partial charge in [0, 0.05) is 0 Å². The molecule has 9 heavy (non-hydrogen) atoms. The predicted molar refractivity (Wildman–Crippen MR) is 37.4 cm³/mol. The molecular formula is C6H13BO2. The van der Waals surface area contributed by atoms with E-state index in [0.717, 1.165) is 12.9 Å². The Kier molecular flexibility index (Phi) is 1.82. The van der Waals surface area contributed by atoms with E-state index < -0.39 is 0 Å². The van der Waals surface area contributed by atoms with Crippen molar-refractivity contribution in [2.75, 3.05) is 6.61 Å². The smallest absolute Gasteiger partial charge is 0.408 e. The molecule has 1 rings (SSSR count).